The van der Waals surface area contributed by atoms with Gasteiger partial charge in [-0.1, -0.05) is 0 Å². The maximum atomic E-state index is 13.9. The lowest BCUT2D eigenvalue weighted by atomic mass is 9.99. The van der Waals surface area contributed by atoms with Crippen LogP contribution in [0.4, 0.5) is 52.7 Å². The average molecular weight is 783 g/mol. The molecular weight excluding hydrogens is 764 g/mol. The third-order valence-electron chi connectivity index (χ3n) is 9.54. The van der Waals surface area contributed by atoms with Gasteiger partial charge >= 0.3 is 24.7 Å². The molecule has 3 aromatic heterocycles. The zero-order valence-corrected chi connectivity index (χ0v) is 27.7. The molecule has 282 valence electrons. The number of aromatic nitrogens is 3. The number of hydrogen-bond acceptors (Lipinski definition) is 2. The first-order valence-electron chi connectivity index (χ1n) is 16.2. The van der Waals surface area contributed by atoms with Crippen LogP contribution in [0.5, 0.6) is 0 Å². The first-order chi connectivity index (χ1) is 26.3. The highest BCUT2D eigenvalue weighted by molar-refractivity contribution is 6.12. The summed E-state index contributed by atoms with van der Waals surface area (Å²) in [6.07, 6.45) is -16.8. The molecule has 0 atom stereocenters. The summed E-state index contributed by atoms with van der Waals surface area (Å²) < 4.78 is 170. The molecule has 5 aromatic carbocycles. The summed E-state index contributed by atoms with van der Waals surface area (Å²) in [6, 6.07) is 18.1. The fourth-order valence-electron chi connectivity index (χ4n) is 7.08. The zero-order valence-electron chi connectivity index (χ0n) is 27.7. The summed E-state index contributed by atoms with van der Waals surface area (Å²) >= 11 is 0. The molecule has 8 aromatic rings. The van der Waals surface area contributed by atoms with Gasteiger partial charge in [0, 0.05) is 38.9 Å². The summed E-state index contributed by atoms with van der Waals surface area (Å²) in [5.74, 6) is 0. The van der Waals surface area contributed by atoms with E-state index in [1.807, 2.05) is 6.07 Å². The predicted molar refractivity (Wildman–Crippen MR) is 183 cm³/mol. The third kappa shape index (κ3) is 5.94. The fraction of sp³-hybridized carbons (Fsp3) is 0.100. The molecule has 56 heavy (non-hydrogen) atoms. The van der Waals surface area contributed by atoms with E-state index in [0.717, 1.165) is 72.8 Å². The molecule has 3 heterocycles. The minimum atomic E-state index is -4.85. The van der Waals surface area contributed by atoms with Crippen molar-refractivity contribution in [2.75, 3.05) is 0 Å². The summed E-state index contributed by atoms with van der Waals surface area (Å²) in [5, 5.41) is 9.24. The Hall–Kier alpha value is -6.50. The Bertz CT molecular complexity index is 2790. The van der Waals surface area contributed by atoms with Gasteiger partial charge in [0.2, 0.25) is 0 Å². The van der Waals surface area contributed by atoms with Gasteiger partial charge in [0.15, 0.2) is 0 Å². The lowest BCUT2D eigenvalue weighted by Crippen LogP contribution is -2.05. The molecule has 0 saturated carbocycles. The molecule has 0 N–H and O–H groups in total. The van der Waals surface area contributed by atoms with Crippen LogP contribution >= 0.6 is 0 Å². The highest BCUT2D eigenvalue weighted by Gasteiger charge is 2.35. The van der Waals surface area contributed by atoms with Gasteiger partial charge in [0.25, 0.3) is 0 Å². The van der Waals surface area contributed by atoms with Crippen LogP contribution in [0.25, 0.3) is 66.1 Å². The monoisotopic (exact) mass is 782 g/mol. The zero-order chi connectivity index (χ0) is 40.1. The number of nitrogens with zero attached hydrogens (tertiary/aromatic N) is 4. The van der Waals surface area contributed by atoms with Crippen LogP contribution in [0, 0.1) is 11.3 Å². The second-order valence-corrected chi connectivity index (χ2v) is 12.8. The molecule has 0 fully saturated rings. The standard InChI is InChI=1S/C40H18F12N4/c41-37(42,43)21-2-7-32-27(14-21)28-15-22(38(44,45)46)3-8-33(28)55(32)31-6-1-20(18-53)13-26(31)25-11-12-54-19-36(25)56-34-9-4-23(39(47,48)49)16-29(34)30-17-24(40(50,51)52)5-10-35(30)56/h1-17,19H. The molecule has 0 bridgehead atoms. The minimum Gasteiger partial charge on any atom is -0.309 e. The number of halogens is 12. The van der Waals surface area contributed by atoms with Crippen LogP contribution in [0.3, 0.4) is 0 Å². The number of rotatable bonds is 3. The summed E-state index contributed by atoms with van der Waals surface area (Å²) in [6.45, 7) is 0. The van der Waals surface area contributed by atoms with E-state index in [4.69, 9.17) is 0 Å². The molecule has 8 rings (SSSR count). The molecule has 0 radical (unpaired) electrons. The van der Waals surface area contributed by atoms with Crippen LogP contribution in [0.15, 0.2) is 109 Å². The Morgan fingerprint density at radius 2 is 0.804 bits per heavy atom. The van der Waals surface area contributed by atoms with E-state index >= 15 is 0 Å². The molecule has 0 aliphatic rings. The van der Waals surface area contributed by atoms with Crippen LogP contribution in [-0.2, 0) is 24.7 Å². The number of pyridine rings is 1. The van der Waals surface area contributed by atoms with Crippen molar-refractivity contribution < 1.29 is 52.7 Å². The lowest BCUT2D eigenvalue weighted by Gasteiger charge is -2.19. The summed E-state index contributed by atoms with van der Waals surface area (Å²) in [4.78, 5) is 4.19. The van der Waals surface area contributed by atoms with Crippen molar-refractivity contribution in [1.29, 1.82) is 5.26 Å². The van der Waals surface area contributed by atoms with Crippen molar-refractivity contribution in [3.63, 3.8) is 0 Å². The average Bonchev–Trinajstić information content (AvgIpc) is 3.64. The van der Waals surface area contributed by atoms with Gasteiger partial charge in [-0.05, 0) is 97.1 Å². The topological polar surface area (TPSA) is 46.5 Å². The van der Waals surface area contributed by atoms with E-state index in [9.17, 15) is 57.9 Å². The second kappa shape index (κ2) is 12.3. The van der Waals surface area contributed by atoms with Crippen LogP contribution in [-0.4, -0.2) is 14.1 Å². The first-order valence-corrected chi connectivity index (χ1v) is 16.2. The van der Waals surface area contributed by atoms with E-state index in [2.05, 4.69) is 4.98 Å². The van der Waals surface area contributed by atoms with Gasteiger partial charge < -0.3 is 9.13 Å². The van der Waals surface area contributed by atoms with Gasteiger partial charge in [-0.25, -0.2) is 0 Å². The highest BCUT2D eigenvalue weighted by atomic mass is 19.4. The number of alkyl halides is 12. The Labute approximate surface area is 306 Å². The normalized spacial score (nSPS) is 13.0. The Balaban J connectivity index is 1.46. The molecule has 0 spiro atoms. The van der Waals surface area contributed by atoms with E-state index in [1.165, 1.54) is 45.8 Å². The summed E-state index contributed by atoms with van der Waals surface area (Å²) in [7, 11) is 0. The lowest BCUT2D eigenvalue weighted by molar-refractivity contribution is -0.138. The molecule has 16 heteroatoms. The van der Waals surface area contributed by atoms with E-state index < -0.39 is 47.0 Å². The van der Waals surface area contributed by atoms with Gasteiger partial charge in [-0.3, -0.25) is 4.98 Å². The van der Waals surface area contributed by atoms with Crippen molar-refractivity contribution in [1.82, 2.24) is 14.1 Å². The van der Waals surface area contributed by atoms with Crippen molar-refractivity contribution in [2.45, 2.75) is 24.7 Å². The third-order valence-corrected chi connectivity index (χ3v) is 9.54. The second-order valence-electron chi connectivity index (χ2n) is 12.8. The SMILES string of the molecule is N#Cc1ccc(-n2c3ccc(C(F)(F)F)cc3c3cc(C(F)(F)F)ccc32)c(-c2ccncc2-n2c3ccc(C(F)(F)F)cc3c3cc(C(F)(F)F)ccc32)c1. The van der Waals surface area contributed by atoms with E-state index in [1.54, 1.807) is 0 Å². The van der Waals surface area contributed by atoms with Crippen molar-refractivity contribution in [2.24, 2.45) is 0 Å². The van der Waals surface area contributed by atoms with Crippen molar-refractivity contribution in [3.05, 3.63) is 137 Å². The smallest absolute Gasteiger partial charge is 0.309 e. The van der Waals surface area contributed by atoms with E-state index in [0.29, 0.717) is 0 Å². The number of nitriles is 1. The maximum Gasteiger partial charge on any atom is 0.416 e. The fourth-order valence-corrected chi connectivity index (χ4v) is 7.08. The first kappa shape index (κ1) is 36.5. The number of hydrogen-bond donors (Lipinski definition) is 0. The van der Waals surface area contributed by atoms with Crippen LogP contribution in [0.2, 0.25) is 0 Å². The highest BCUT2D eigenvalue weighted by Crippen LogP contribution is 2.45. The largest absolute Gasteiger partial charge is 0.416 e. The Morgan fingerprint density at radius 3 is 1.16 bits per heavy atom. The van der Waals surface area contributed by atoms with Crippen LogP contribution < -0.4 is 0 Å². The molecule has 0 aliphatic heterocycles. The van der Waals surface area contributed by atoms with Crippen LogP contribution in [0.1, 0.15) is 27.8 Å². The number of fused-ring (bicyclic) bond motifs is 6. The quantitative estimate of drug-likeness (QED) is 0.168. The maximum absolute atomic E-state index is 13.9. The molecular formula is C40H18F12N4. The summed E-state index contributed by atoms with van der Waals surface area (Å²) in [5.41, 5.74) is -3.53. The van der Waals surface area contributed by atoms with Gasteiger partial charge in [0.1, 0.15) is 0 Å². The van der Waals surface area contributed by atoms with E-state index in [-0.39, 0.29) is 71.7 Å². The van der Waals surface area contributed by atoms with Gasteiger partial charge in [-0.15, -0.1) is 0 Å². The molecule has 0 aliphatic carbocycles. The van der Waals surface area contributed by atoms with Gasteiger partial charge in [0.05, 0.1) is 73.5 Å². The molecule has 0 saturated heterocycles. The predicted octanol–water partition coefficient (Wildman–Crippen LogP) is 12.9. The minimum absolute atomic E-state index is 0.0517. The van der Waals surface area contributed by atoms with Gasteiger partial charge in [-0.2, -0.15) is 57.9 Å². The molecule has 0 unspecified atom stereocenters. The Kier molecular flexibility index (Phi) is 7.98. The Morgan fingerprint density at radius 1 is 0.429 bits per heavy atom. The van der Waals surface area contributed by atoms with Crippen molar-refractivity contribution >= 4 is 43.6 Å². The van der Waals surface area contributed by atoms with Crippen molar-refractivity contribution in [3.8, 4) is 28.6 Å². The molecule has 0 amide bonds. The molecule has 4 nitrogen and oxygen atoms in total. The number of benzene rings is 5.